The summed E-state index contributed by atoms with van der Waals surface area (Å²) in [6.45, 7) is 5.72. The van der Waals surface area contributed by atoms with Gasteiger partial charge in [0, 0.05) is 12.2 Å². The zero-order chi connectivity index (χ0) is 14.0. The molecule has 1 unspecified atom stereocenters. The summed E-state index contributed by atoms with van der Waals surface area (Å²) in [6.07, 6.45) is 2.14. The van der Waals surface area contributed by atoms with Crippen molar-refractivity contribution < 1.29 is 13.2 Å². The van der Waals surface area contributed by atoms with Gasteiger partial charge in [0.1, 0.15) is 5.69 Å². The molecule has 0 aliphatic carbocycles. The minimum Gasteiger partial charge on any atom is -0.347 e. The second kappa shape index (κ2) is 5.16. The molecule has 1 aromatic rings. The van der Waals surface area contributed by atoms with Crippen molar-refractivity contribution in [3.8, 4) is 0 Å². The summed E-state index contributed by atoms with van der Waals surface area (Å²) in [5.74, 6) is 0.0145. The number of nitrogens with zero attached hydrogens (tertiary/aromatic N) is 2. The molecule has 104 valence electrons. The molecule has 0 saturated carbocycles. The molecule has 1 aliphatic heterocycles. The van der Waals surface area contributed by atoms with Crippen LogP contribution >= 0.6 is 0 Å². The van der Waals surface area contributed by atoms with Crippen LogP contribution < -0.4 is 5.32 Å². The molecule has 0 aromatic carbocycles. The van der Waals surface area contributed by atoms with Crippen LogP contribution in [0.5, 0.6) is 0 Å². The van der Waals surface area contributed by atoms with Gasteiger partial charge in [-0.3, -0.25) is 9.48 Å². The number of amides is 1. The number of rotatable bonds is 4. The molecule has 0 radical (unpaired) electrons. The van der Waals surface area contributed by atoms with Gasteiger partial charge in [0.15, 0.2) is 9.84 Å². The molecule has 1 aliphatic rings. The molecule has 2 rings (SSSR count). The van der Waals surface area contributed by atoms with E-state index in [2.05, 4.69) is 17.0 Å². The Balaban J connectivity index is 2.17. The highest BCUT2D eigenvalue weighted by molar-refractivity contribution is 7.91. The lowest BCUT2D eigenvalue weighted by Gasteiger charge is -2.10. The van der Waals surface area contributed by atoms with E-state index in [1.54, 1.807) is 16.8 Å². The van der Waals surface area contributed by atoms with E-state index in [0.29, 0.717) is 18.7 Å². The van der Waals surface area contributed by atoms with Crippen LogP contribution in [0.2, 0.25) is 0 Å². The Labute approximate surface area is 112 Å². The smallest absolute Gasteiger partial charge is 0.272 e. The number of carbonyl (C=O) groups excluding carboxylic acids is 1. The zero-order valence-electron chi connectivity index (χ0n) is 10.8. The van der Waals surface area contributed by atoms with Gasteiger partial charge >= 0.3 is 0 Å². The summed E-state index contributed by atoms with van der Waals surface area (Å²) in [5, 5.41) is 6.86. The molecule has 1 N–H and O–H groups in total. The average molecular weight is 283 g/mol. The van der Waals surface area contributed by atoms with Crippen LogP contribution in [0.15, 0.2) is 18.7 Å². The van der Waals surface area contributed by atoms with Crippen molar-refractivity contribution in [3.05, 3.63) is 30.1 Å². The molecule has 1 fully saturated rings. The van der Waals surface area contributed by atoms with Crippen LogP contribution in [0, 0.1) is 6.92 Å². The van der Waals surface area contributed by atoms with Crippen molar-refractivity contribution in [1.29, 1.82) is 0 Å². The number of hydrogen-bond acceptors (Lipinski definition) is 4. The lowest BCUT2D eigenvalue weighted by Crippen LogP contribution is -2.24. The van der Waals surface area contributed by atoms with Crippen LogP contribution in [0.4, 0.5) is 0 Å². The van der Waals surface area contributed by atoms with Crippen molar-refractivity contribution in [3.63, 3.8) is 0 Å². The SMILES string of the molecule is C=CCNC(=O)c1cc(C)n(C2CCS(=O)(=O)C2)n1. The fourth-order valence-electron chi connectivity index (χ4n) is 2.19. The Bertz CT molecular complexity index is 604. The van der Waals surface area contributed by atoms with E-state index in [0.717, 1.165) is 5.69 Å². The number of sulfone groups is 1. The molecule has 0 spiro atoms. The molecule has 1 aromatic heterocycles. The van der Waals surface area contributed by atoms with Crippen molar-refractivity contribution >= 4 is 15.7 Å². The zero-order valence-corrected chi connectivity index (χ0v) is 11.6. The monoisotopic (exact) mass is 283 g/mol. The largest absolute Gasteiger partial charge is 0.347 e. The predicted molar refractivity (Wildman–Crippen MR) is 71.8 cm³/mol. The maximum Gasteiger partial charge on any atom is 0.272 e. The first-order chi connectivity index (χ1) is 8.93. The normalized spacial score (nSPS) is 21.2. The third-order valence-corrected chi connectivity index (χ3v) is 4.87. The van der Waals surface area contributed by atoms with Crippen LogP contribution in [0.3, 0.4) is 0 Å². The van der Waals surface area contributed by atoms with E-state index in [-0.39, 0.29) is 23.5 Å². The van der Waals surface area contributed by atoms with Gasteiger partial charge in [-0.25, -0.2) is 8.42 Å². The second-order valence-electron chi connectivity index (χ2n) is 4.67. The average Bonchev–Trinajstić information content (AvgIpc) is 2.89. The van der Waals surface area contributed by atoms with Gasteiger partial charge < -0.3 is 5.32 Å². The standard InChI is InChI=1S/C12H17N3O3S/c1-3-5-13-12(16)11-7-9(2)15(14-11)10-4-6-19(17,18)8-10/h3,7,10H,1,4-6,8H2,2H3,(H,13,16). The maximum absolute atomic E-state index is 11.8. The number of hydrogen-bond donors (Lipinski definition) is 1. The Morgan fingerprint density at radius 3 is 3.00 bits per heavy atom. The van der Waals surface area contributed by atoms with E-state index in [4.69, 9.17) is 0 Å². The van der Waals surface area contributed by atoms with Gasteiger partial charge in [-0.2, -0.15) is 5.10 Å². The molecule has 2 heterocycles. The molecule has 1 amide bonds. The van der Waals surface area contributed by atoms with Gasteiger partial charge in [0.05, 0.1) is 17.5 Å². The van der Waals surface area contributed by atoms with Crippen molar-refractivity contribution in [1.82, 2.24) is 15.1 Å². The molecule has 7 heteroatoms. The lowest BCUT2D eigenvalue weighted by atomic mass is 10.2. The molecule has 19 heavy (non-hydrogen) atoms. The first-order valence-electron chi connectivity index (χ1n) is 6.08. The predicted octanol–water partition coefficient (Wildman–Crippen LogP) is 0.467. The summed E-state index contributed by atoms with van der Waals surface area (Å²) in [4.78, 5) is 11.8. The molecule has 6 nitrogen and oxygen atoms in total. The highest BCUT2D eigenvalue weighted by Gasteiger charge is 2.31. The molecular weight excluding hydrogens is 266 g/mol. The van der Waals surface area contributed by atoms with Gasteiger partial charge in [-0.1, -0.05) is 6.08 Å². The first-order valence-corrected chi connectivity index (χ1v) is 7.91. The van der Waals surface area contributed by atoms with E-state index in [1.165, 1.54) is 0 Å². The number of aryl methyl sites for hydroxylation is 1. The Kier molecular flexibility index (Phi) is 3.75. The summed E-state index contributed by atoms with van der Waals surface area (Å²) < 4.78 is 24.6. The van der Waals surface area contributed by atoms with Crippen molar-refractivity contribution in [2.45, 2.75) is 19.4 Å². The lowest BCUT2D eigenvalue weighted by molar-refractivity contribution is 0.0952. The second-order valence-corrected chi connectivity index (χ2v) is 6.90. The van der Waals surface area contributed by atoms with Crippen molar-refractivity contribution in [2.75, 3.05) is 18.1 Å². The van der Waals surface area contributed by atoms with E-state index < -0.39 is 9.84 Å². The fraction of sp³-hybridized carbons (Fsp3) is 0.500. The Morgan fingerprint density at radius 1 is 1.68 bits per heavy atom. The Morgan fingerprint density at radius 2 is 2.42 bits per heavy atom. The van der Waals surface area contributed by atoms with Crippen molar-refractivity contribution in [2.24, 2.45) is 0 Å². The topological polar surface area (TPSA) is 81.1 Å². The van der Waals surface area contributed by atoms with Crippen LogP contribution in [0.25, 0.3) is 0 Å². The quantitative estimate of drug-likeness (QED) is 0.814. The van der Waals surface area contributed by atoms with Gasteiger partial charge in [-0.15, -0.1) is 6.58 Å². The first kappa shape index (κ1) is 13.8. The number of carbonyl (C=O) groups is 1. The minimum atomic E-state index is -2.96. The van der Waals surface area contributed by atoms with Crippen LogP contribution in [0.1, 0.15) is 28.6 Å². The summed E-state index contributed by atoms with van der Waals surface area (Å²) in [5.41, 5.74) is 1.11. The number of nitrogens with one attached hydrogen (secondary N) is 1. The molecule has 1 saturated heterocycles. The summed E-state index contributed by atoms with van der Waals surface area (Å²) in [6, 6.07) is 1.51. The van der Waals surface area contributed by atoms with E-state index in [1.807, 2.05) is 6.92 Å². The van der Waals surface area contributed by atoms with Crippen LogP contribution in [-0.4, -0.2) is 42.2 Å². The minimum absolute atomic E-state index is 0.100. The highest BCUT2D eigenvalue weighted by atomic mass is 32.2. The highest BCUT2D eigenvalue weighted by Crippen LogP contribution is 2.24. The third kappa shape index (κ3) is 3.04. The van der Waals surface area contributed by atoms with Crippen LogP contribution in [-0.2, 0) is 9.84 Å². The third-order valence-electron chi connectivity index (χ3n) is 3.12. The summed E-state index contributed by atoms with van der Waals surface area (Å²) >= 11 is 0. The maximum atomic E-state index is 11.8. The van der Waals surface area contributed by atoms with Gasteiger partial charge in [-0.05, 0) is 19.4 Å². The molecule has 1 atom stereocenters. The fourth-order valence-corrected chi connectivity index (χ4v) is 3.88. The van der Waals surface area contributed by atoms with Gasteiger partial charge in [0.2, 0.25) is 0 Å². The van der Waals surface area contributed by atoms with E-state index in [9.17, 15) is 13.2 Å². The van der Waals surface area contributed by atoms with E-state index >= 15 is 0 Å². The number of aromatic nitrogens is 2. The molecular formula is C12H17N3O3S. The Hall–Kier alpha value is -1.63. The summed E-state index contributed by atoms with van der Waals surface area (Å²) in [7, 11) is -2.96. The van der Waals surface area contributed by atoms with Gasteiger partial charge in [0.25, 0.3) is 5.91 Å². The molecule has 0 bridgehead atoms.